The third-order valence-electron chi connectivity index (χ3n) is 3.97. The van der Waals surface area contributed by atoms with E-state index < -0.39 is 0 Å². The summed E-state index contributed by atoms with van der Waals surface area (Å²) in [5, 5.41) is 2.34. The largest absolute Gasteiger partial charge is 0.335 e. The Morgan fingerprint density at radius 1 is 0.955 bits per heavy atom. The van der Waals surface area contributed by atoms with Crippen molar-refractivity contribution < 1.29 is 4.39 Å². The second-order valence-electron chi connectivity index (χ2n) is 5.42. The van der Waals surface area contributed by atoms with E-state index in [1.165, 1.54) is 17.5 Å². The molecule has 3 heteroatoms. The van der Waals surface area contributed by atoms with Gasteiger partial charge in [0.2, 0.25) is 0 Å². The highest BCUT2D eigenvalue weighted by molar-refractivity contribution is 6.07. The number of fused-ring (bicyclic) bond motifs is 3. The van der Waals surface area contributed by atoms with Crippen LogP contribution >= 0.6 is 0 Å². The van der Waals surface area contributed by atoms with Crippen molar-refractivity contribution in [3.63, 3.8) is 0 Å². The van der Waals surface area contributed by atoms with Gasteiger partial charge < -0.3 is 4.57 Å². The minimum absolute atomic E-state index is 0.214. The van der Waals surface area contributed by atoms with Crippen LogP contribution < -0.4 is 0 Å². The molecule has 2 nitrogen and oxygen atoms in total. The fourth-order valence-electron chi connectivity index (χ4n) is 2.93. The Bertz CT molecular complexity index is 968. The standard InChI is InChI=1S/C19H14FN2/c1-13-10-17-16-4-2-3-5-18(16)22(19(17)11-21-13)12-14-6-8-15(20)9-7-14/h2-11H,1,12H2. The molecule has 0 aliphatic carbocycles. The van der Waals surface area contributed by atoms with Gasteiger partial charge in [-0.15, -0.1) is 0 Å². The second kappa shape index (κ2) is 4.95. The highest BCUT2D eigenvalue weighted by Crippen LogP contribution is 2.29. The molecule has 2 heterocycles. The molecule has 0 bridgehead atoms. The van der Waals surface area contributed by atoms with Crippen molar-refractivity contribution in [3.8, 4) is 0 Å². The van der Waals surface area contributed by atoms with E-state index in [-0.39, 0.29) is 5.82 Å². The Balaban J connectivity index is 1.96. The van der Waals surface area contributed by atoms with Crippen LogP contribution in [-0.2, 0) is 6.54 Å². The van der Waals surface area contributed by atoms with Gasteiger partial charge >= 0.3 is 0 Å². The van der Waals surface area contributed by atoms with Gasteiger partial charge in [-0.3, -0.25) is 4.98 Å². The Kier molecular flexibility index (Phi) is 2.93. The maximum atomic E-state index is 13.1. The van der Waals surface area contributed by atoms with E-state index in [2.05, 4.69) is 28.6 Å². The van der Waals surface area contributed by atoms with Crippen molar-refractivity contribution in [2.24, 2.45) is 0 Å². The zero-order valence-corrected chi connectivity index (χ0v) is 12.0. The van der Waals surface area contributed by atoms with E-state index in [4.69, 9.17) is 0 Å². The van der Waals surface area contributed by atoms with Gasteiger partial charge in [-0.1, -0.05) is 30.3 Å². The van der Waals surface area contributed by atoms with Gasteiger partial charge in [-0.05, 0) is 36.8 Å². The number of halogens is 1. The number of nitrogens with zero attached hydrogens (tertiary/aromatic N) is 2. The molecule has 4 aromatic rings. The lowest BCUT2D eigenvalue weighted by Crippen LogP contribution is -1.99. The fourth-order valence-corrected chi connectivity index (χ4v) is 2.93. The normalized spacial score (nSPS) is 11.4. The summed E-state index contributed by atoms with van der Waals surface area (Å²) in [6, 6.07) is 16.9. The molecule has 1 radical (unpaired) electrons. The summed E-state index contributed by atoms with van der Waals surface area (Å²) in [6.07, 6.45) is 1.86. The number of hydrogen-bond donors (Lipinski definition) is 0. The molecule has 0 fully saturated rings. The molecule has 0 saturated heterocycles. The van der Waals surface area contributed by atoms with Crippen LogP contribution in [0.1, 0.15) is 11.3 Å². The van der Waals surface area contributed by atoms with E-state index in [0.29, 0.717) is 6.54 Å². The molecule has 0 saturated carbocycles. The molecule has 0 aliphatic rings. The predicted molar refractivity (Wildman–Crippen MR) is 87.2 cm³/mol. The predicted octanol–water partition coefficient (Wildman–Crippen LogP) is 4.56. The van der Waals surface area contributed by atoms with Crippen molar-refractivity contribution in [1.82, 2.24) is 9.55 Å². The highest BCUT2D eigenvalue weighted by Gasteiger charge is 2.11. The van der Waals surface area contributed by atoms with Crippen LogP contribution in [0.25, 0.3) is 21.8 Å². The average molecular weight is 289 g/mol. The zero-order valence-electron chi connectivity index (χ0n) is 12.0. The van der Waals surface area contributed by atoms with Crippen LogP contribution in [0.4, 0.5) is 4.39 Å². The van der Waals surface area contributed by atoms with Crippen LogP contribution in [0.2, 0.25) is 0 Å². The lowest BCUT2D eigenvalue weighted by Gasteiger charge is -2.07. The average Bonchev–Trinajstić information content (AvgIpc) is 2.83. The summed E-state index contributed by atoms with van der Waals surface area (Å²) in [6.45, 7) is 4.60. The zero-order chi connectivity index (χ0) is 15.1. The van der Waals surface area contributed by atoms with Crippen molar-refractivity contribution in [1.29, 1.82) is 0 Å². The molecule has 2 aromatic carbocycles. The molecule has 107 valence electrons. The van der Waals surface area contributed by atoms with E-state index in [1.807, 2.05) is 36.5 Å². The number of aromatic nitrogens is 2. The minimum Gasteiger partial charge on any atom is -0.335 e. The molecule has 0 unspecified atom stereocenters. The fraction of sp³-hybridized carbons (Fsp3) is 0.0526. The van der Waals surface area contributed by atoms with E-state index >= 15 is 0 Å². The van der Waals surface area contributed by atoms with Gasteiger partial charge in [0.15, 0.2) is 0 Å². The first kappa shape index (κ1) is 13.0. The third kappa shape index (κ3) is 2.06. The first-order valence-corrected chi connectivity index (χ1v) is 7.16. The van der Waals surface area contributed by atoms with E-state index in [1.54, 1.807) is 0 Å². The lowest BCUT2D eigenvalue weighted by molar-refractivity contribution is 0.626. The van der Waals surface area contributed by atoms with E-state index in [9.17, 15) is 4.39 Å². The topological polar surface area (TPSA) is 17.8 Å². The summed E-state index contributed by atoms with van der Waals surface area (Å²) in [5.74, 6) is -0.214. The van der Waals surface area contributed by atoms with Crippen molar-refractivity contribution in [2.45, 2.75) is 6.54 Å². The van der Waals surface area contributed by atoms with Crippen molar-refractivity contribution >= 4 is 21.8 Å². The summed E-state index contributed by atoms with van der Waals surface area (Å²) in [7, 11) is 0. The maximum absolute atomic E-state index is 13.1. The van der Waals surface area contributed by atoms with E-state index in [0.717, 1.165) is 27.7 Å². The monoisotopic (exact) mass is 289 g/mol. The summed E-state index contributed by atoms with van der Waals surface area (Å²) < 4.78 is 15.3. The number of benzene rings is 2. The van der Waals surface area contributed by atoms with Gasteiger partial charge in [-0.2, -0.15) is 0 Å². The Labute approximate surface area is 127 Å². The number of pyridine rings is 1. The third-order valence-corrected chi connectivity index (χ3v) is 3.97. The molecule has 0 amide bonds. The van der Waals surface area contributed by atoms with Gasteiger partial charge in [-0.25, -0.2) is 4.39 Å². The first-order chi connectivity index (χ1) is 10.7. The van der Waals surface area contributed by atoms with Gasteiger partial charge in [0, 0.05) is 28.5 Å². The second-order valence-corrected chi connectivity index (χ2v) is 5.42. The molecule has 0 N–H and O–H groups in total. The van der Waals surface area contributed by atoms with Gasteiger partial charge in [0.1, 0.15) is 5.82 Å². The van der Waals surface area contributed by atoms with Crippen molar-refractivity contribution in [2.75, 3.05) is 0 Å². The van der Waals surface area contributed by atoms with Gasteiger partial charge in [0.05, 0.1) is 11.7 Å². The number of rotatable bonds is 2. The van der Waals surface area contributed by atoms with Crippen LogP contribution in [0.3, 0.4) is 0 Å². The summed E-state index contributed by atoms with van der Waals surface area (Å²) in [4.78, 5) is 4.33. The Morgan fingerprint density at radius 3 is 2.55 bits per heavy atom. The van der Waals surface area contributed by atoms with Gasteiger partial charge in [0.25, 0.3) is 0 Å². The number of hydrogen-bond acceptors (Lipinski definition) is 1. The van der Waals surface area contributed by atoms with Crippen LogP contribution in [-0.4, -0.2) is 9.55 Å². The molecule has 0 atom stereocenters. The SMILES string of the molecule is [CH2]c1cc2c3ccccc3n(Cc3ccc(F)cc3)c2cn1. The van der Waals surface area contributed by atoms with Crippen LogP contribution in [0, 0.1) is 12.7 Å². The smallest absolute Gasteiger partial charge is 0.123 e. The summed E-state index contributed by atoms with van der Waals surface area (Å²) >= 11 is 0. The molecule has 0 aliphatic heterocycles. The summed E-state index contributed by atoms with van der Waals surface area (Å²) in [5.41, 5.74) is 4.03. The Morgan fingerprint density at radius 2 is 1.73 bits per heavy atom. The Hall–Kier alpha value is -2.68. The highest BCUT2D eigenvalue weighted by atomic mass is 19.1. The molecule has 22 heavy (non-hydrogen) atoms. The van der Waals surface area contributed by atoms with Crippen molar-refractivity contribution in [3.05, 3.63) is 84.8 Å². The molecule has 2 aromatic heterocycles. The molecular formula is C19H14FN2. The number of para-hydroxylation sites is 1. The van der Waals surface area contributed by atoms with Crippen LogP contribution in [0.15, 0.2) is 60.8 Å². The lowest BCUT2D eigenvalue weighted by atomic mass is 10.2. The molecule has 0 spiro atoms. The minimum atomic E-state index is -0.214. The first-order valence-electron chi connectivity index (χ1n) is 7.16. The molecular weight excluding hydrogens is 275 g/mol. The maximum Gasteiger partial charge on any atom is 0.123 e. The van der Waals surface area contributed by atoms with Crippen LogP contribution in [0.5, 0.6) is 0 Å². The molecule has 4 rings (SSSR count). The quantitative estimate of drug-likeness (QED) is 0.529.